The van der Waals surface area contributed by atoms with E-state index < -0.39 is 11.9 Å². The van der Waals surface area contributed by atoms with Crippen LogP contribution < -0.4 is 10.9 Å². The first-order chi connectivity index (χ1) is 12.0. The number of carbonyl (C=O) groups is 2. The summed E-state index contributed by atoms with van der Waals surface area (Å²) in [4.78, 5) is 37.4. The highest BCUT2D eigenvalue weighted by molar-refractivity contribution is 7.17. The van der Waals surface area contributed by atoms with Crippen LogP contribution in [0.2, 0.25) is 0 Å². The molecule has 1 aliphatic rings. The average Bonchev–Trinajstić information content (AvgIpc) is 2.95. The third kappa shape index (κ3) is 3.48. The quantitative estimate of drug-likeness (QED) is 0.843. The van der Waals surface area contributed by atoms with Gasteiger partial charge in [0.2, 0.25) is 0 Å². The number of nitrogens with zero attached hydrogens (tertiary/aromatic N) is 2. The Morgan fingerprint density at radius 2 is 2.08 bits per heavy atom. The summed E-state index contributed by atoms with van der Waals surface area (Å²) in [5.41, 5.74) is 1.26. The summed E-state index contributed by atoms with van der Waals surface area (Å²) in [6.07, 6.45) is 3.81. The van der Waals surface area contributed by atoms with E-state index in [-0.39, 0.29) is 17.9 Å². The molecule has 0 aromatic carbocycles. The molecule has 0 spiro atoms. The van der Waals surface area contributed by atoms with Crippen LogP contribution >= 0.6 is 11.3 Å². The molecule has 0 radical (unpaired) electrons. The van der Waals surface area contributed by atoms with Crippen molar-refractivity contribution in [2.24, 2.45) is 7.05 Å². The van der Waals surface area contributed by atoms with Crippen LogP contribution in [0.15, 0.2) is 16.9 Å². The Hall–Kier alpha value is -2.48. The lowest BCUT2D eigenvalue weighted by molar-refractivity contribution is 0.0526. The second kappa shape index (κ2) is 7.18. The zero-order chi connectivity index (χ0) is 18.0. The molecule has 0 saturated heterocycles. The molecular weight excluding hydrogens is 342 g/mol. The zero-order valence-corrected chi connectivity index (χ0v) is 14.9. The molecular formula is C17H19N3O4S. The van der Waals surface area contributed by atoms with Crippen molar-refractivity contribution in [2.45, 2.75) is 32.6 Å². The fourth-order valence-electron chi connectivity index (χ4n) is 2.86. The molecule has 2 aromatic rings. The minimum atomic E-state index is -0.459. The van der Waals surface area contributed by atoms with Gasteiger partial charge in [-0.3, -0.25) is 9.59 Å². The molecule has 0 aliphatic heterocycles. The highest BCUT2D eigenvalue weighted by atomic mass is 32.1. The molecule has 0 fully saturated rings. The number of nitrogens with one attached hydrogen (secondary N) is 1. The molecule has 0 saturated carbocycles. The molecule has 25 heavy (non-hydrogen) atoms. The summed E-state index contributed by atoms with van der Waals surface area (Å²) >= 11 is 1.42. The molecule has 8 heteroatoms. The fourth-order valence-corrected chi connectivity index (χ4v) is 4.14. The zero-order valence-electron chi connectivity index (χ0n) is 14.1. The molecule has 0 unspecified atom stereocenters. The number of hydrogen-bond donors (Lipinski definition) is 1. The Labute approximate surface area is 148 Å². The maximum atomic E-state index is 12.5. The predicted molar refractivity (Wildman–Crippen MR) is 94.3 cm³/mol. The minimum Gasteiger partial charge on any atom is -0.462 e. The van der Waals surface area contributed by atoms with Gasteiger partial charge in [0, 0.05) is 18.0 Å². The van der Waals surface area contributed by atoms with Crippen LogP contribution in [0.3, 0.4) is 0 Å². The van der Waals surface area contributed by atoms with Gasteiger partial charge in [-0.1, -0.05) is 0 Å². The number of fused-ring (bicyclic) bond motifs is 1. The highest BCUT2D eigenvalue weighted by Crippen LogP contribution is 2.38. The van der Waals surface area contributed by atoms with Crippen molar-refractivity contribution >= 4 is 28.2 Å². The van der Waals surface area contributed by atoms with E-state index in [4.69, 9.17) is 4.74 Å². The first-order valence-electron chi connectivity index (χ1n) is 8.18. The van der Waals surface area contributed by atoms with Gasteiger partial charge in [-0.25, -0.2) is 9.48 Å². The maximum absolute atomic E-state index is 12.5. The number of ether oxygens (including phenoxy) is 1. The summed E-state index contributed by atoms with van der Waals surface area (Å²) in [7, 11) is 1.48. The number of hydrogen-bond acceptors (Lipinski definition) is 6. The number of amides is 1. The van der Waals surface area contributed by atoms with Crippen molar-refractivity contribution in [1.29, 1.82) is 0 Å². The molecule has 1 amide bonds. The summed E-state index contributed by atoms with van der Waals surface area (Å²) in [5.74, 6) is -0.870. The van der Waals surface area contributed by atoms with Crippen LogP contribution in [0.1, 0.15) is 51.1 Å². The monoisotopic (exact) mass is 361 g/mol. The molecule has 1 aliphatic carbocycles. The maximum Gasteiger partial charge on any atom is 0.341 e. The Kier molecular flexibility index (Phi) is 4.98. The SMILES string of the molecule is CCOC(=O)c1c(NC(=O)c2ccc(=O)n(C)n2)sc2c1CCCC2. The van der Waals surface area contributed by atoms with Crippen molar-refractivity contribution in [3.8, 4) is 0 Å². The highest BCUT2D eigenvalue weighted by Gasteiger charge is 2.27. The van der Waals surface area contributed by atoms with Gasteiger partial charge in [0.05, 0.1) is 12.2 Å². The predicted octanol–water partition coefficient (Wildman–Crippen LogP) is 2.15. The number of aryl methyl sites for hydroxylation is 2. The Balaban J connectivity index is 1.94. The van der Waals surface area contributed by atoms with E-state index in [9.17, 15) is 14.4 Å². The molecule has 2 heterocycles. The van der Waals surface area contributed by atoms with Gasteiger partial charge in [0.25, 0.3) is 11.5 Å². The standard InChI is InChI=1S/C17H19N3O4S/c1-3-24-17(23)14-10-6-4-5-7-12(10)25-16(14)18-15(22)11-8-9-13(21)20(2)19-11/h8-9H,3-7H2,1-2H3,(H,18,22). The van der Waals surface area contributed by atoms with Crippen molar-refractivity contribution in [3.05, 3.63) is 44.2 Å². The normalized spacial score (nSPS) is 13.2. The van der Waals surface area contributed by atoms with Crippen molar-refractivity contribution in [3.63, 3.8) is 0 Å². The van der Waals surface area contributed by atoms with Gasteiger partial charge in [0.15, 0.2) is 0 Å². The molecule has 132 valence electrons. The fraction of sp³-hybridized carbons (Fsp3) is 0.412. The lowest BCUT2D eigenvalue weighted by Gasteiger charge is -2.12. The van der Waals surface area contributed by atoms with E-state index in [0.717, 1.165) is 40.8 Å². The lowest BCUT2D eigenvalue weighted by Crippen LogP contribution is -2.24. The van der Waals surface area contributed by atoms with Crippen LogP contribution in [0.4, 0.5) is 5.00 Å². The number of esters is 1. The van der Waals surface area contributed by atoms with E-state index in [1.54, 1.807) is 6.92 Å². The van der Waals surface area contributed by atoms with Crippen LogP contribution in [0.5, 0.6) is 0 Å². The van der Waals surface area contributed by atoms with Gasteiger partial charge < -0.3 is 10.1 Å². The number of aromatic nitrogens is 2. The van der Waals surface area contributed by atoms with Crippen molar-refractivity contribution < 1.29 is 14.3 Å². The summed E-state index contributed by atoms with van der Waals surface area (Å²) in [6, 6.07) is 2.66. The Morgan fingerprint density at radius 3 is 2.80 bits per heavy atom. The second-order valence-electron chi connectivity index (χ2n) is 5.77. The van der Waals surface area contributed by atoms with Gasteiger partial charge in [-0.2, -0.15) is 5.10 Å². The topological polar surface area (TPSA) is 90.3 Å². The third-order valence-electron chi connectivity index (χ3n) is 4.07. The summed E-state index contributed by atoms with van der Waals surface area (Å²) in [6.45, 7) is 2.03. The van der Waals surface area contributed by atoms with Gasteiger partial charge in [-0.15, -0.1) is 11.3 Å². The van der Waals surface area contributed by atoms with E-state index in [1.807, 2.05) is 0 Å². The minimum absolute atomic E-state index is 0.114. The number of anilines is 1. The van der Waals surface area contributed by atoms with Crippen molar-refractivity contribution in [2.75, 3.05) is 11.9 Å². The third-order valence-corrected chi connectivity index (χ3v) is 5.28. The van der Waals surface area contributed by atoms with Crippen LogP contribution in [-0.4, -0.2) is 28.3 Å². The molecule has 2 aromatic heterocycles. The average molecular weight is 361 g/mol. The smallest absolute Gasteiger partial charge is 0.341 e. The Morgan fingerprint density at radius 1 is 1.32 bits per heavy atom. The van der Waals surface area contributed by atoms with E-state index in [2.05, 4.69) is 10.4 Å². The number of carbonyl (C=O) groups excluding carboxylic acids is 2. The number of rotatable bonds is 4. The second-order valence-corrected chi connectivity index (χ2v) is 6.88. The van der Waals surface area contributed by atoms with E-state index in [1.165, 1.54) is 30.5 Å². The molecule has 3 rings (SSSR count). The van der Waals surface area contributed by atoms with Gasteiger partial charge in [-0.05, 0) is 44.2 Å². The van der Waals surface area contributed by atoms with Crippen LogP contribution in [0, 0.1) is 0 Å². The first-order valence-corrected chi connectivity index (χ1v) is 9.00. The van der Waals surface area contributed by atoms with Crippen LogP contribution in [-0.2, 0) is 24.6 Å². The Bertz CT molecular complexity index is 885. The van der Waals surface area contributed by atoms with Gasteiger partial charge >= 0.3 is 5.97 Å². The number of thiophene rings is 1. The van der Waals surface area contributed by atoms with Crippen LogP contribution in [0.25, 0.3) is 0 Å². The largest absolute Gasteiger partial charge is 0.462 e. The lowest BCUT2D eigenvalue weighted by atomic mass is 9.95. The first kappa shape index (κ1) is 17.3. The summed E-state index contributed by atoms with van der Waals surface area (Å²) < 4.78 is 6.27. The molecule has 7 nitrogen and oxygen atoms in total. The van der Waals surface area contributed by atoms with E-state index >= 15 is 0 Å². The molecule has 1 N–H and O–H groups in total. The van der Waals surface area contributed by atoms with E-state index in [0.29, 0.717) is 10.6 Å². The molecule has 0 atom stereocenters. The van der Waals surface area contributed by atoms with Crippen molar-refractivity contribution in [1.82, 2.24) is 9.78 Å². The summed E-state index contributed by atoms with van der Waals surface area (Å²) in [5, 5.41) is 7.20. The molecule has 0 bridgehead atoms. The van der Waals surface area contributed by atoms with Gasteiger partial charge in [0.1, 0.15) is 10.7 Å².